The maximum Gasteiger partial charge on any atom is 0.255 e. The van der Waals surface area contributed by atoms with Crippen molar-refractivity contribution in [3.63, 3.8) is 0 Å². The van der Waals surface area contributed by atoms with Crippen molar-refractivity contribution in [2.75, 3.05) is 7.11 Å². The molecule has 38 heavy (non-hydrogen) atoms. The smallest absolute Gasteiger partial charge is 0.255 e. The molecule has 0 aliphatic rings. The van der Waals surface area contributed by atoms with Gasteiger partial charge in [0, 0.05) is 30.2 Å². The van der Waals surface area contributed by atoms with E-state index in [9.17, 15) is 9.59 Å². The van der Waals surface area contributed by atoms with Crippen LogP contribution in [0.5, 0.6) is 5.75 Å². The van der Waals surface area contributed by atoms with Gasteiger partial charge < -0.3 is 19.5 Å². The van der Waals surface area contributed by atoms with E-state index in [2.05, 4.69) is 11.9 Å². The summed E-state index contributed by atoms with van der Waals surface area (Å²) in [4.78, 5) is 29.8. The third-order valence-electron chi connectivity index (χ3n) is 6.48. The molecule has 2 amide bonds. The van der Waals surface area contributed by atoms with E-state index in [1.807, 2.05) is 117 Å². The summed E-state index contributed by atoms with van der Waals surface area (Å²) >= 11 is 0. The molecule has 6 nitrogen and oxygen atoms in total. The number of hydrogen-bond donors (Lipinski definition) is 1. The zero-order chi connectivity index (χ0) is 27.4. The largest absolute Gasteiger partial charge is 0.497 e. The fraction of sp³-hybridized carbons (Fsp3) is 0.250. The van der Waals surface area contributed by atoms with Gasteiger partial charge in [-0.2, -0.15) is 0 Å². The van der Waals surface area contributed by atoms with Crippen molar-refractivity contribution < 1.29 is 14.3 Å². The molecule has 1 N–H and O–H groups in total. The Balaban J connectivity index is 1.87. The molecule has 3 aromatic carbocycles. The van der Waals surface area contributed by atoms with E-state index in [0.29, 0.717) is 11.1 Å². The fourth-order valence-corrected chi connectivity index (χ4v) is 4.59. The second kappa shape index (κ2) is 11.0. The highest BCUT2D eigenvalue weighted by Gasteiger charge is 2.36. The lowest BCUT2D eigenvalue weighted by atomic mass is 10.0. The Hall–Kier alpha value is -4.32. The van der Waals surface area contributed by atoms with Crippen LogP contribution in [0.2, 0.25) is 0 Å². The first kappa shape index (κ1) is 26.7. The summed E-state index contributed by atoms with van der Waals surface area (Å²) in [6.07, 6.45) is 0. The third-order valence-corrected chi connectivity index (χ3v) is 6.48. The number of aromatic nitrogens is 1. The van der Waals surface area contributed by atoms with E-state index < -0.39 is 11.6 Å². The Labute approximate surface area is 224 Å². The number of methoxy groups -OCH3 is 1. The molecular weight excluding hydrogens is 474 g/mol. The highest BCUT2D eigenvalue weighted by molar-refractivity contribution is 6.19. The first-order chi connectivity index (χ1) is 18.1. The number of fused-ring (bicyclic) bond motifs is 1. The number of amides is 2. The van der Waals surface area contributed by atoms with Crippen LogP contribution in [-0.4, -0.2) is 33.9 Å². The van der Waals surface area contributed by atoms with E-state index in [1.54, 1.807) is 12.0 Å². The van der Waals surface area contributed by atoms with Gasteiger partial charge in [-0.1, -0.05) is 67.2 Å². The summed E-state index contributed by atoms with van der Waals surface area (Å²) in [5, 5.41) is 4.11. The van der Waals surface area contributed by atoms with Gasteiger partial charge in [0.15, 0.2) is 6.04 Å². The van der Waals surface area contributed by atoms with Crippen LogP contribution in [0.15, 0.2) is 91.5 Å². The first-order valence-electron chi connectivity index (χ1n) is 12.6. The quantitative estimate of drug-likeness (QED) is 0.302. The number of hydrogen-bond acceptors (Lipinski definition) is 3. The van der Waals surface area contributed by atoms with E-state index in [1.165, 1.54) is 0 Å². The molecule has 4 rings (SSSR count). The maximum absolute atomic E-state index is 14.2. The Morgan fingerprint density at radius 3 is 2.21 bits per heavy atom. The van der Waals surface area contributed by atoms with Crippen molar-refractivity contribution >= 4 is 28.3 Å². The number of nitrogens with zero attached hydrogens (tertiary/aromatic N) is 2. The van der Waals surface area contributed by atoms with Gasteiger partial charge in [0.2, 0.25) is 5.91 Å². The van der Waals surface area contributed by atoms with Crippen molar-refractivity contribution in [1.29, 1.82) is 0 Å². The summed E-state index contributed by atoms with van der Waals surface area (Å²) < 4.78 is 7.30. The van der Waals surface area contributed by atoms with Crippen LogP contribution in [0.3, 0.4) is 0 Å². The molecule has 6 heteroatoms. The van der Waals surface area contributed by atoms with Crippen LogP contribution in [0, 0.1) is 0 Å². The van der Waals surface area contributed by atoms with Crippen LogP contribution in [0.1, 0.15) is 43.6 Å². The molecule has 1 unspecified atom stereocenters. The van der Waals surface area contributed by atoms with Gasteiger partial charge in [-0.05, 0) is 61.5 Å². The van der Waals surface area contributed by atoms with E-state index in [-0.39, 0.29) is 18.4 Å². The van der Waals surface area contributed by atoms with E-state index >= 15 is 0 Å². The predicted octanol–water partition coefficient (Wildman–Crippen LogP) is 5.88. The lowest BCUT2D eigenvalue weighted by Gasteiger charge is -2.34. The van der Waals surface area contributed by atoms with Gasteiger partial charge in [0.1, 0.15) is 5.75 Å². The number of benzene rings is 3. The molecule has 0 radical (unpaired) electrons. The van der Waals surface area contributed by atoms with Crippen molar-refractivity contribution in [3.05, 3.63) is 108 Å². The maximum atomic E-state index is 14.2. The predicted molar refractivity (Wildman–Crippen MR) is 153 cm³/mol. The molecular formula is C32H35N3O3. The molecule has 1 heterocycles. The van der Waals surface area contributed by atoms with Gasteiger partial charge in [-0.3, -0.25) is 9.59 Å². The Morgan fingerprint density at radius 2 is 1.61 bits per heavy atom. The molecule has 4 aromatic rings. The summed E-state index contributed by atoms with van der Waals surface area (Å²) in [5.41, 5.74) is 3.11. The average molecular weight is 510 g/mol. The number of rotatable bonds is 8. The van der Waals surface area contributed by atoms with Crippen molar-refractivity contribution in [3.8, 4) is 5.75 Å². The third kappa shape index (κ3) is 5.80. The van der Waals surface area contributed by atoms with Crippen LogP contribution in [0.4, 0.5) is 0 Å². The number of aryl methyl sites for hydroxylation is 1. The lowest BCUT2D eigenvalue weighted by molar-refractivity contribution is -0.138. The molecule has 196 valence electrons. The minimum Gasteiger partial charge on any atom is -0.497 e. The van der Waals surface area contributed by atoms with Gasteiger partial charge in [0.25, 0.3) is 5.91 Å². The molecule has 0 aliphatic heterocycles. The topological polar surface area (TPSA) is 63.6 Å². The Morgan fingerprint density at radius 1 is 0.974 bits per heavy atom. The molecule has 0 bridgehead atoms. The molecule has 0 saturated heterocycles. The average Bonchev–Trinajstić information content (AvgIpc) is 3.23. The second-order valence-corrected chi connectivity index (χ2v) is 10.5. The second-order valence-electron chi connectivity index (χ2n) is 10.5. The van der Waals surface area contributed by atoms with E-state index in [4.69, 9.17) is 4.74 Å². The van der Waals surface area contributed by atoms with Crippen LogP contribution >= 0.6 is 0 Å². The molecule has 0 fully saturated rings. The van der Waals surface area contributed by atoms with Crippen LogP contribution in [0.25, 0.3) is 16.5 Å². The zero-order valence-electron chi connectivity index (χ0n) is 22.7. The molecule has 1 atom stereocenters. The number of para-hydroxylation sites is 1. The lowest BCUT2D eigenvalue weighted by Crippen LogP contribution is -2.49. The highest BCUT2D eigenvalue weighted by atomic mass is 16.5. The Bertz CT molecular complexity index is 1450. The summed E-state index contributed by atoms with van der Waals surface area (Å²) in [6, 6.07) is 25.9. The van der Waals surface area contributed by atoms with Gasteiger partial charge in [-0.25, -0.2) is 0 Å². The fourth-order valence-electron chi connectivity index (χ4n) is 4.59. The summed E-state index contributed by atoms with van der Waals surface area (Å²) in [7, 11) is 3.54. The zero-order valence-corrected chi connectivity index (χ0v) is 22.7. The minimum atomic E-state index is -0.901. The molecule has 0 aliphatic carbocycles. The number of carbonyl (C=O) groups excluding carboxylic acids is 2. The van der Waals surface area contributed by atoms with Gasteiger partial charge >= 0.3 is 0 Å². The SMILES string of the molecule is C=C(C(=O)N(Cc1ccc(OC)cc1)C(C(=O)NC(C)(C)C)c1cc2ccccc2n1C)c1ccccc1. The monoisotopic (exact) mass is 509 g/mol. The van der Waals surface area contributed by atoms with Gasteiger partial charge in [-0.15, -0.1) is 0 Å². The number of carbonyl (C=O) groups is 2. The van der Waals surface area contributed by atoms with Gasteiger partial charge in [0.05, 0.1) is 12.8 Å². The van der Waals surface area contributed by atoms with E-state index in [0.717, 1.165) is 27.9 Å². The van der Waals surface area contributed by atoms with Crippen molar-refractivity contribution in [1.82, 2.24) is 14.8 Å². The first-order valence-corrected chi connectivity index (χ1v) is 12.6. The number of nitrogens with one attached hydrogen (secondary N) is 1. The normalized spacial score (nSPS) is 12.1. The van der Waals surface area contributed by atoms with Crippen LogP contribution in [-0.2, 0) is 23.2 Å². The molecule has 0 spiro atoms. The summed E-state index contributed by atoms with van der Waals surface area (Å²) in [5.74, 6) is 0.147. The minimum absolute atomic E-state index is 0.207. The van der Waals surface area contributed by atoms with Crippen molar-refractivity contribution in [2.24, 2.45) is 7.05 Å². The highest BCUT2D eigenvalue weighted by Crippen LogP contribution is 2.32. The van der Waals surface area contributed by atoms with Crippen LogP contribution < -0.4 is 10.1 Å². The molecule has 1 aromatic heterocycles. The molecule has 0 saturated carbocycles. The van der Waals surface area contributed by atoms with Crippen molar-refractivity contribution in [2.45, 2.75) is 38.9 Å². The summed E-state index contributed by atoms with van der Waals surface area (Å²) in [6.45, 7) is 10.1. The standard InChI is InChI=1S/C32H35N3O3/c1-22(24-12-8-7-9-13-24)31(37)35(21-23-16-18-26(38-6)19-17-23)29(30(36)33-32(2,3)4)28-20-25-14-10-11-15-27(25)34(28)5/h7-20,29H,1,21H2,2-6H3,(H,33,36). The Kier molecular flexibility index (Phi) is 7.72. The number of ether oxygens (including phenoxy) is 1.